The van der Waals surface area contributed by atoms with Crippen molar-refractivity contribution in [3.63, 3.8) is 0 Å². The summed E-state index contributed by atoms with van der Waals surface area (Å²) in [7, 11) is 0. The molecule has 0 saturated heterocycles. The lowest BCUT2D eigenvalue weighted by Crippen LogP contribution is -2.48. The van der Waals surface area contributed by atoms with E-state index in [2.05, 4.69) is 10.3 Å². The van der Waals surface area contributed by atoms with Crippen LogP contribution in [-0.4, -0.2) is 23.0 Å². The first-order valence-corrected chi connectivity index (χ1v) is 5.06. The maximum atomic E-state index is 11.6. The van der Waals surface area contributed by atoms with Gasteiger partial charge >= 0.3 is 0 Å². The summed E-state index contributed by atoms with van der Waals surface area (Å²) >= 11 is 1.24. The van der Waals surface area contributed by atoms with Crippen molar-refractivity contribution >= 4 is 22.4 Å². The highest BCUT2D eigenvalue weighted by atomic mass is 32.1. The standard InChI is InChI=1S/C8H14N4OS/c1-8(2,4-9)12-6(13)5-3-14-7(10)11-5/h3H,4,9H2,1-2H3,(H2,10,11)(H,12,13). The molecular weight excluding hydrogens is 200 g/mol. The molecule has 1 rings (SSSR count). The van der Waals surface area contributed by atoms with Crippen LogP contribution in [-0.2, 0) is 0 Å². The number of amides is 1. The lowest BCUT2D eigenvalue weighted by Gasteiger charge is -2.23. The predicted octanol–water partition coefficient (Wildman–Crippen LogP) is 0.192. The lowest BCUT2D eigenvalue weighted by molar-refractivity contribution is 0.0911. The van der Waals surface area contributed by atoms with Crippen LogP contribution in [0.25, 0.3) is 0 Å². The highest BCUT2D eigenvalue weighted by molar-refractivity contribution is 7.13. The molecule has 1 amide bonds. The summed E-state index contributed by atoms with van der Waals surface area (Å²) in [5.41, 5.74) is 10.8. The number of thiazole rings is 1. The molecule has 0 aliphatic heterocycles. The molecule has 0 atom stereocenters. The quantitative estimate of drug-likeness (QED) is 0.669. The number of anilines is 1. The van der Waals surface area contributed by atoms with E-state index < -0.39 is 5.54 Å². The van der Waals surface area contributed by atoms with Crippen molar-refractivity contribution in [2.24, 2.45) is 5.73 Å². The van der Waals surface area contributed by atoms with Crippen LogP contribution in [0.15, 0.2) is 5.38 Å². The molecule has 0 spiro atoms. The van der Waals surface area contributed by atoms with Crippen LogP contribution in [0.2, 0.25) is 0 Å². The van der Waals surface area contributed by atoms with Crippen LogP contribution in [0, 0.1) is 0 Å². The second-order valence-electron chi connectivity index (χ2n) is 3.61. The summed E-state index contributed by atoms with van der Waals surface area (Å²) in [6.07, 6.45) is 0. The fourth-order valence-electron chi connectivity index (χ4n) is 0.814. The van der Waals surface area contributed by atoms with Gasteiger partial charge in [0.1, 0.15) is 5.69 Å². The normalized spacial score (nSPS) is 11.4. The van der Waals surface area contributed by atoms with Crippen LogP contribution in [0.5, 0.6) is 0 Å². The third-order valence-corrected chi connectivity index (χ3v) is 2.39. The Labute approximate surface area is 86.5 Å². The number of aromatic nitrogens is 1. The van der Waals surface area contributed by atoms with Crippen LogP contribution in [0.1, 0.15) is 24.3 Å². The third-order valence-electron chi connectivity index (χ3n) is 1.72. The molecule has 0 unspecified atom stereocenters. The Kier molecular flexibility index (Phi) is 3.07. The first-order valence-electron chi connectivity index (χ1n) is 4.18. The lowest BCUT2D eigenvalue weighted by atomic mass is 10.1. The van der Waals surface area contributed by atoms with Crippen molar-refractivity contribution in [1.82, 2.24) is 10.3 Å². The largest absolute Gasteiger partial charge is 0.375 e. The molecule has 0 aliphatic rings. The molecule has 0 aromatic carbocycles. The van der Waals surface area contributed by atoms with Crippen molar-refractivity contribution < 1.29 is 4.79 Å². The molecule has 1 heterocycles. The number of carbonyl (C=O) groups is 1. The fraction of sp³-hybridized carbons (Fsp3) is 0.500. The summed E-state index contributed by atoms with van der Waals surface area (Å²) in [5.74, 6) is -0.242. The molecule has 5 N–H and O–H groups in total. The van der Waals surface area contributed by atoms with Crippen molar-refractivity contribution in [2.45, 2.75) is 19.4 Å². The van der Waals surface area contributed by atoms with E-state index in [1.54, 1.807) is 5.38 Å². The summed E-state index contributed by atoms with van der Waals surface area (Å²) < 4.78 is 0. The van der Waals surface area contributed by atoms with Crippen molar-refractivity contribution in [1.29, 1.82) is 0 Å². The molecule has 0 bridgehead atoms. The molecule has 0 fully saturated rings. The molecule has 0 radical (unpaired) electrons. The van der Waals surface area contributed by atoms with Gasteiger partial charge in [-0.05, 0) is 13.8 Å². The smallest absolute Gasteiger partial charge is 0.271 e. The number of carbonyl (C=O) groups excluding carboxylic acids is 1. The summed E-state index contributed by atoms with van der Waals surface area (Å²) in [6, 6.07) is 0. The van der Waals surface area contributed by atoms with E-state index >= 15 is 0 Å². The van der Waals surface area contributed by atoms with Crippen molar-refractivity contribution in [2.75, 3.05) is 12.3 Å². The number of nitrogens with zero attached hydrogens (tertiary/aromatic N) is 1. The first kappa shape index (κ1) is 10.9. The van der Waals surface area contributed by atoms with E-state index in [4.69, 9.17) is 11.5 Å². The molecule has 6 heteroatoms. The Morgan fingerprint density at radius 1 is 1.71 bits per heavy atom. The van der Waals surface area contributed by atoms with Crippen LogP contribution < -0.4 is 16.8 Å². The second kappa shape index (κ2) is 3.93. The number of nitrogen functional groups attached to an aromatic ring is 1. The van der Waals surface area contributed by atoms with E-state index in [1.807, 2.05) is 13.8 Å². The molecule has 14 heavy (non-hydrogen) atoms. The predicted molar refractivity (Wildman–Crippen MR) is 57.1 cm³/mol. The maximum absolute atomic E-state index is 11.6. The van der Waals surface area contributed by atoms with Gasteiger partial charge in [0.25, 0.3) is 5.91 Å². The Hall–Kier alpha value is -1.14. The number of hydrogen-bond acceptors (Lipinski definition) is 5. The van der Waals surface area contributed by atoms with Gasteiger partial charge in [-0.2, -0.15) is 0 Å². The molecule has 78 valence electrons. The fourth-order valence-corrected chi connectivity index (χ4v) is 1.36. The number of hydrogen-bond donors (Lipinski definition) is 3. The van der Waals surface area contributed by atoms with E-state index in [-0.39, 0.29) is 5.91 Å². The van der Waals surface area contributed by atoms with Gasteiger partial charge in [0, 0.05) is 17.5 Å². The number of rotatable bonds is 3. The van der Waals surface area contributed by atoms with Gasteiger partial charge in [0.05, 0.1) is 0 Å². The summed E-state index contributed by atoms with van der Waals surface area (Å²) in [5, 5.41) is 4.77. The van der Waals surface area contributed by atoms with Gasteiger partial charge in [0.15, 0.2) is 5.13 Å². The minimum Gasteiger partial charge on any atom is -0.375 e. The number of nitrogens with one attached hydrogen (secondary N) is 1. The zero-order chi connectivity index (χ0) is 10.8. The minimum atomic E-state index is -0.421. The van der Waals surface area contributed by atoms with Crippen LogP contribution in [0.4, 0.5) is 5.13 Å². The Morgan fingerprint density at radius 3 is 2.79 bits per heavy atom. The molecule has 5 nitrogen and oxygen atoms in total. The van der Waals surface area contributed by atoms with Crippen LogP contribution in [0.3, 0.4) is 0 Å². The topological polar surface area (TPSA) is 94.0 Å². The Bertz CT molecular complexity index is 334. The van der Waals surface area contributed by atoms with Gasteiger partial charge < -0.3 is 16.8 Å². The molecule has 0 aliphatic carbocycles. The van der Waals surface area contributed by atoms with E-state index in [0.717, 1.165) is 0 Å². The van der Waals surface area contributed by atoms with E-state index in [1.165, 1.54) is 11.3 Å². The van der Waals surface area contributed by atoms with Gasteiger partial charge in [0.2, 0.25) is 0 Å². The third kappa shape index (κ3) is 2.68. The molecule has 0 saturated carbocycles. The average molecular weight is 214 g/mol. The maximum Gasteiger partial charge on any atom is 0.271 e. The zero-order valence-corrected chi connectivity index (χ0v) is 9.02. The zero-order valence-electron chi connectivity index (χ0n) is 8.20. The highest BCUT2D eigenvalue weighted by Crippen LogP contribution is 2.11. The van der Waals surface area contributed by atoms with E-state index in [9.17, 15) is 4.79 Å². The van der Waals surface area contributed by atoms with E-state index in [0.29, 0.717) is 17.4 Å². The Balaban J connectivity index is 2.68. The van der Waals surface area contributed by atoms with Gasteiger partial charge in [-0.3, -0.25) is 4.79 Å². The van der Waals surface area contributed by atoms with Gasteiger partial charge in [-0.25, -0.2) is 4.98 Å². The molecular formula is C8H14N4OS. The number of nitrogens with two attached hydrogens (primary N) is 2. The highest BCUT2D eigenvalue weighted by Gasteiger charge is 2.20. The Morgan fingerprint density at radius 2 is 2.36 bits per heavy atom. The SMILES string of the molecule is CC(C)(CN)NC(=O)c1csc(N)n1. The molecule has 1 aromatic rings. The molecule has 1 aromatic heterocycles. The monoisotopic (exact) mass is 214 g/mol. The van der Waals surface area contributed by atoms with Gasteiger partial charge in [-0.1, -0.05) is 0 Å². The van der Waals surface area contributed by atoms with Crippen molar-refractivity contribution in [3.05, 3.63) is 11.1 Å². The summed E-state index contributed by atoms with van der Waals surface area (Å²) in [4.78, 5) is 15.4. The second-order valence-corrected chi connectivity index (χ2v) is 4.50. The van der Waals surface area contributed by atoms with Crippen LogP contribution >= 0.6 is 11.3 Å². The first-order chi connectivity index (χ1) is 6.44. The van der Waals surface area contributed by atoms with Gasteiger partial charge in [-0.15, -0.1) is 11.3 Å². The minimum absolute atomic E-state index is 0.242. The van der Waals surface area contributed by atoms with Crippen molar-refractivity contribution in [3.8, 4) is 0 Å². The summed E-state index contributed by atoms with van der Waals surface area (Å²) in [6.45, 7) is 4.07. The average Bonchev–Trinajstić information content (AvgIpc) is 2.51.